The normalized spacial score (nSPS) is 12.6. The fourth-order valence-corrected chi connectivity index (χ4v) is 3.12. The molecule has 2 amide bonds. The summed E-state index contributed by atoms with van der Waals surface area (Å²) in [5, 5.41) is 20.6. The van der Waals surface area contributed by atoms with Crippen molar-refractivity contribution in [3.63, 3.8) is 0 Å². The molecule has 2 aromatic rings. The van der Waals surface area contributed by atoms with Crippen LogP contribution in [-0.2, 0) is 11.2 Å². The molecule has 136 valence electrons. The van der Waals surface area contributed by atoms with Crippen molar-refractivity contribution in [2.75, 3.05) is 0 Å². The molecule has 0 saturated carbocycles. The van der Waals surface area contributed by atoms with Gasteiger partial charge in [-0.3, -0.25) is 14.8 Å². The van der Waals surface area contributed by atoms with Crippen LogP contribution < -0.4 is 10.8 Å². The number of nitrogens with one attached hydrogen (secondary N) is 2. The molecule has 0 aliphatic heterocycles. The van der Waals surface area contributed by atoms with Crippen LogP contribution in [0.4, 0.5) is 0 Å². The van der Waals surface area contributed by atoms with Gasteiger partial charge in [0.2, 0.25) is 0 Å². The smallest absolute Gasteiger partial charge is 0.268 e. The fraction of sp³-hybridized carbons (Fsp3) is 0.333. The fourth-order valence-electron chi connectivity index (χ4n) is 2.21. The number of benzene rings is 1. The largest absolute Gasteiger partial charge is 0.391 e. The molecular weight excluding hydrogens is 340 g/mol. The highest BCUT2D eigenvalue weighted by Crippen LogP contribution is 2.28. The standard InChI is InChI=1S/C17H20N2O4S.CH4/c1-3-11-4-6-12(7-5-11)13-8-9-14(24-13)16(21)18-15(10(2)20)17(22)19-23;/h4-10,15,20,23H,3H2,1-2H3,(H,18,21)(H,19,22);1H4/t10-,15+;/m1./s1. The van der Waals surface area contributed by atoms with E-state index in [1.54, 1.807) is 6.07 Å². The molecular formula is C18H24N2O4S. The lowest BCUT2D eigenvalue weighted by atomic mass is 10.1. The summed E-state index contributed by atoms with van der Waals surface area (Å²) in [6, 6.07) is 10.4. The highest BCUT2D eigenvalue weighted by Gasteiger charge is 2.26. The molecule has 7 heteroatoms. The minimum absolute atomic E-state index is 0. The van der Waals surface area contributed by atoms with Gasteiger partial charge in [-0.1, -0.05) is 38.6 Å². The van der Waals surface area contributed by atoms with Crippen LogP contribution in [-0.4, -0.2) is 34.3 Å². The second kappa shape index (κ2) is 9.31. The molecule has 0 fully saturated rings. The second-order valence-electron chi connectivity index (χ2n) is 5.38. The van der Waals surface area contributed by atoms with Gasteiger partial charge in [-0.25, -0.2) is 5.48 Å². The molecule has 0 bridgehead atoms. The van der Waals surface area contributed by atoms with Crippen molar-refractivity contribution in [3.05, 3.63) is 46.8 Å². The Morgan fingerprint density at radius 1 is 1.16 bits per heavy atom. The van der Waals surface area contributed by atoms with Crippen LogP contribution in [0.2, 0.25) is 0 Å². The number of hydrogen-bond acceptors (Lipinski definition) is 5. The van der Waals surface area contributed by atoms with Crippen molar-refractivity contribution < 1.29 is 19.9 Å². The summed E-state index contributed by atoms with van der Waals surface area (Å²) < 4.78 is 0. The molecule has 2 rings (SSSR count). The Kier molecular flexibility index (Phi) is 7.76. The van der Waals surface area contributed by atoms with Gasteiger partial charge in [-0.05, 0) is 36.6 Å². The molecule has 1 heterocycles. The van der Waals surface area contributed by atoms with E-state index in [0.29, 0.717) is 4.88 Å². The van der Waals surface area contributed by atoms with E-state index in [-0.39, 0.29) is 7.43 Å². The number of thiophene rings is 1. The summed E-state index contributed by atoms with van der Waals surface area (Å²) in [5.74, 6) is -1.35. The number of aryl methyl sites for hydroxylation is 1. The maximum atomic E-state index is 12.3. The zero-order chi connectivity index (χ0) is 17.7. The lowest BCUT2D eigenvalue weighted by Gasteiger charge is -2.18. The number of carbonyl (C=O) groups excluding carboxylic acids is 2. The molecule has 0 radical (unpaired) electrons. The van der Waals surface area contributed by atoms with Crippen LogP contribution >= 0.6 is 11.3 Å². The van der Waals surface area contributed by atoms with E-state index in [4.69, 9.17) is 5.21 Å². The van der Waals surface area contributed by atoms with Crippen molar-refractivity contribution in [1.29, 1.82) is 0 Å². The molecule has 0 unspecified atom stereocenters. The third-order valence-corrected chi connectivity index (χ3v) is 4.77. The predicted octanol–water partition coefficient (Wildman–Crippen LogP) is 2.60. The molecule has 2 atom stereocenters. The predicted molar refractivity (Wildman–Crippen MR) is 98.7 cm³/mol. The van der Waals surface area contributed by atoms with Crippen LogP contribution in [0.3, 0.4) is 0 Å². The van der Waals surface area contributed by atoms with E-state index in [1.165, 1.54) is 29.3 Å². The Bertz CT molecular complexity index is 710. The average Bonchev–Trinajstić information content (AvgIpc) is 3.08. The van der Waals surface area contributed by atoms with Gasteiger partial charge in [0.1, 0.15) is 6.04 Å². The Hall–Kier alpha value is -2.22. The first-order chi connectivity index (χ1) is 11.5. The summed E-state index contributed by atoms with van der Waals surface area (Å²) >= 11 is 1.29. The minimum atomic E-state index is -1.23. The molecule has 0 aliphatic carbocycles. The third-order valence-electron chi connectivity index (χ3n) is 3.64. The Morgan fingerprint density at radius 2 is 1.80 bits per heavy atom. The molecule has 6 nitrogen and oxygen atoms in total. The number of aliphatic hydroxyl groups excluding tert-OH is 1. The Balaban J connectivity index is 0.00000312. The zero-order valence-corrected chi connectivity index (χ0v) is 14.3. The molecule has 4 N–H and O–H groups in total. The number of hydroxylamine groups is 1. The average molecular weight is 364 g/mol. The molecule has 1 aromatic carbocycles. The Morgan fingerprint density at radius 3 is 2.32 bits per heavy atom. The lowest BCUT2D eigenvalue weighted by Crippen LogP contribution is -2.51. The van der Waals surface area contributed by atoms with E-state index in [9.17, 15) is 14.7 Å². The molecule has 1 aromatic heterocycles. The van der Waals surface area contributed by atoms with Crippen LogP contribution in [0.25, 0.3) is 10.4 Å². The van der Waals surface area contributed by atoms with Gasteiger partial charge < -0.3 is 10.4 Å². The van der Waals surface area contributed by atoms with Gasteiger partial charge in [0, 0.05) is 4.88 Å². The van der Waals surface area contributed by atoms with Crippen molar-refractivity contribution in [1.82, 2.24) is 10.8 Å². The van der Waals surface area contributed by atoms with Crippen molar-refractivity contribution in [3.8, 4) is 10.4 Å². The number of aliphatic hydroxyl groups is 1. The summed E-state index contributed by atoms with van der Waals surface area (Å²) in [5.41, 5.74) is 3.68. The van der Waals surface area contributed by atoms with Gasteiger partial charge in [0.15, 0.2) is 0 Å². The van der Waals surface area contributed by atoms with Crippen molar-refractivity contribution in [2.45, 2.75) is 39.8 Å². The van der Waals surface area contributed by atoms with Gasteiger partial charge in [0.25, 0.3) is 11.8 Å². The SMILES string of the molecule is C.CCc1ccc(-c2ccc(C(=O)N[C@H](C(=O)NO)[C@@H](C)O)s2)cc1. The van der Waals surface area contributed by atoms with Crippen LogP contribution in [0, 0.1) is 0 Å². The van der Waals surface area contributed by atoms with Crippen molar-refractivity contribution in [2.24, 2.45) is 0 Å². The first-order valence-electron chi connectivity index (χ1n) is 7.58. The number of amides is 2. The maximum Gasteiger partial charge on any atom is 0.268 e. The minimum Gasteiger partial charge on any atom is -0.391 e. The van der Waals surface area contributed by atoms with Gasteiger partial charge in [-0.2, -0.15) is 0 Å². The zero-order valence-electron chi connectivity index (χ0n) is 13.4. The third kappa shape index (κ3) is 5.12. The molecule has 0 aliphatic rings. The summed E-state index contributed by atoms with van der Waals surface area (Å²) in [4.78, 5) is 25.1. The van der Waals surface area contributed by atoms with Crippen LogP contribution in [0.5, 0.6) is 0 Å². The summed E-state index contributed by atoms with van der Waals surface area (Å²) in [7, 11) is 0. The van der Waals surface area contributed by atoms with Crippen molar-refractivity contribution >= 4 is 23.2 Å². The monoisotopic (exact) mass is 364 g/mol. The molecule has 0 saturated heterocycles. The van der Waals surface area contributed by atoms with Gasteiger partial charge >= 0.3 is 0 Å². The second-order valence-corrected chi connectivity index (χ2v) is 6.47. The lowest BCUT2D eigenvalue weighted by molar-refractivity contribution is -0.133. The molecule has 25 heavy (non-hydrogen) atoms. The van der Waals surface area contributed by atoms with E-state index in [2.05, 4.69) is 12.2 Å². The highest BCUT2D eigenvalue weighted by molar-refractivity contribution is 7.17. The topological polar surface area (TPSA) is 98.7 Å². The summed E-state index contributed by atoms with van der Waals surface area (Å²) in [6.07, 6.45) is -0.173. The number of rotatable bonds is 6. The van der Waals surface area contributed by atoms with Gasteiger partial charge in [-0.15, -0.1) is 11.3 Å². The number of hydrogen-bond donors (Lipinski definition) is 4. The van der Waals surface area contributed by atoms with E-state index >= 15 is 0 Å². The quantitative estimate of drug-likeness (QED) is 0.468. The Labute approximate surface area is 151 Å². The first kappa shape index (κ1) is 20.8. The van der Waals surface area contributed by atoms with E-state index in [1.807, 2.05) is 30.3 Å². The van der Waals surface area contributed by atoms with Gasteiger partial charge in [0.05, 0.1) is 11.0 Å². The van der Waals surface area contributed by atoms with E-state index < -0.39 is 24.0 Å². The summed E-state index contributed by atoms with van der Waals surface area (Å²) in [6.45, 7) is 3.44. The highest BCUT2D eigenvalue weighted by atomic mass is 32.1. The molecule has 0 spiro atoms. The first-order valence-corrected chi connectivity index (χ1v) is 8.40. The van der Waals surface area contributed by atoms with Crippen LogP contribution in [0.1, 0.15) is 36.5 Å². The van der Waals surface area contributed by atoms with E-state index in [0.717, 1.165) is 16.9 Å². The van der Waals surface area contributed by atoms with Crippen LogP contribution in [0.15, 0.2) is 36.4 Å². The maximum absolute atomic E-state index is 12.3. The number of carbonyl (C=O) groups is 2.